The molecule has 1 aromatic heterocycles. The second-order valence-electron chi connectivity index (χ2n) is 5.39. The third-order valence-corrected chi connectivity index (χ3v) is 4.42. The van der Waals surface area contributed by atoms with Crippen LogP contribution in [0, 0.1) is 0 Å². The van der Waals surface area contributed by atoms with E-state index in [1.165, 1.54) is 0 Å². The molecule has 0 aliphatic carbocycles. The first-order valence-corrected chi connectivity index (χ1v) is 7.12. The lowest BCUT2D eigenvalue weighted by Gasteiger charge is -2.47. The zero-order valence-electron chi connectivity index (χ0n) is 12.3. The van der Waals surface area contributed by atoms with Crippen molar-refractivity contribution in [3.8, 4) is 0 Å². The van der Waals surface area contributed by atoms with Gasteiger partial charge in [-0.15, -0.1) is 0 Å². The van der Waals surface area contributed by atoms with Crippen molar-refractivity contribution in [3.05, 3.63) is 23.9 Å². The van der Waals surface area contributed by atoms with E-state index in [4.69, 9.17) is 16.3 Å². The van der Waals surface area contributed by atoms with Gasteiger partial charge in [-0.05, 0) is 19.4 Å². The summed E-state index contributed by atoms with van der Waals surface area (Å²) in [5, 5.41) is 0. The summed E-state index contributed by atoms with van der Waals surface area (Å²) in [5.74, 6) is 6.38. The lowest BCUT2D eigenvalue weighted by atomic mass is 9.83. The number of anilines is 1. The van der Waals surface area contributed by atoms with Crippen LogP contribution in [0.25, 0.3) is 0 Å². The van der Waals surface area contributed by atoms with Gasteiger partial charge in [-0.1, -0.05) is 13.0 Å². The fraction of sp³-hybridized carbons (Fsp3) is 0.643. The summed E-state index contributed by atoms with van der Waals surface area (Å²) < 4.78 is 5.45. The zero-order chi connectivity index (χ0) is 14.6. The van der Waals surface area contributed by atoms with Crippen LogP contribution in [-0.4, -0.2) is 41.7 Å². The highest BCUT2D eigenvalue weighted by Gasteiger charge is 2.40. The minimum Gasteiger partial charge on any atom is -0.383 e. The maximum Gasteiger partial charge on any atom is 0.128 e. The van der Waals surface area contributed by atoms with E-state index in [9.17, 15) is 0 Å². The second kappa shape index (κ2) is 6.49. The van der Waals surface area contributed by atoms with Crippen LogP contribution < -0.4 is 17.0 Å². The number of nitrogens with one attached hydrogen (secondary N) is 1. The highest BCUT2D eigenvalue weighted by molar-refractivity contribution is 5.42. The molecular weight excluding hydrogens is 254 g/mol. The van der Waals surface area contributed by atoms with Crippen molar-refractivity contribution >= 4 is 5.82 Å². The first kappa shape index (κ1) is 15.2. The Morgan fingerprint density at radius 2 is 2.20 bits per heavy atom. The van der Waals surface area contributed by atoms with E-state index in [2.05, 4.69) is 29.2 Å². The molecule has 1 saturated heterocycles. The van der Waals surface area contributed by atoms with E-state index < -0.39 is 0 Å². The Hall–Kier alpha value is -1.21. The molecule has 20 heavy (non-hydrogen) atoms. The van der Waals surface area contributed by atoms with E-state index in [0.29, 0.717) is 5.82 Å². The van der Waals surface area contributed by atoms with Crippen molar-refractivity contribution in [2.45, 2.75) is 31.8 Å². The fourth-order valence-electron chi connectivity index (χ4n) is 2.96. The summed E-state index contributed by atoms with van der Waals surface area (Å²) in [4.78, 5) is 6.60. The molecule has 0 bridgehead atoms. The monoisotopic (exact) mass is 279 g/mol. The molecule has 2 unspecified atom stereocenters. The van der Waals surface area contributed by atoms with Gasteiger partial charge in [-0.25, -0.2) is 4.98 Å². The molecule has 5 N–H and O–H groups in total. The van der Waals surface area contributed by atoms with Gasteiger partial charge in [-0.3, -0.25) is 16.2 Å². The number of nitrogens with two attached hydrogens (primary N) is 2. The minimum atomic E-state index is -0.129. The molecule has 0 amide bonds. The molecule has 2 heterocycles. The van der Waals surface area contributed by atoms with Gasteiger partial charge in [0.25, 0.3) is 0 Å². The SMILES string of the molecule is CCC(C)(C(NN)c1cccnc1N)N1CCOCC1. The van der Waals surface area contributed by atoms with Crippen LogP contribution in [0.3, 0.4) is 0 Å². The first-order chi connectivity index (χ1) is 9.63. The first-order valence-electron chi connectivity index (χ1n) is 7.12. The fourth-order valence-corrected chi connectivity index (χ4v) is 2.96. The molecule has 0 saturated carbocycles. The van der Waals surface area contributed by atoms with Gasteiger partial charge in [0.1, 0.15) is 5.82 Å². The number of hydrazine groups is 1. The number of nitrogens with zero attached hydrogens (tertiary/aromatic N) is 2. The lowest BCUT2D eigenvalue weighted by Crippen LogP contribution is -2.58. The number of ether oxygens (including phenoxy) is 1. The Kier molecular flexibility index (Phi) is 4.93. The average molecular weight is 279 g/mol. The van der Waals surface area contributed by atoms with Gasteiger partial charge >= 0.3 is 0 Å². The van der Waals surface area contributed by atoms with Crippen LogP contribution in [0.1, 0.15) is 31.9 Å². The summed E-state index contributed by atoms with van der Waals surface area (Å²) in [6, 6.07) is 3.81. The predicted molar refractivity (Wildman–Crippen MR) is 79.8 cm³/mol. The van der Waals surface area contributed by atoms with Crippen LogP contribution in [0.2, 0.25) is 0 Å². The van der Waals surface area contributed by atoms with Gasteiger partial charge in [0.2, 0.25) is 0 Å². The Morgan fingerprint density at radius 3 is 2.75 bits per heavy atom. The Balaban J connectivity index is 2.33. The summed E-state index contributed by atoms with van der Waals surface area (Å²) >= 11 is 0. The van der Waals surface area contributed by atoms with Crippen LogP contribution in [-0.2, 0) is 4.74 Å². The second-order valence-corrected chi connectivity index (χ2v) is 5.39. The molecule has 0 aromatic carbocycles. The van der Waals surface area contributed by atoms with Gasteiger partial charge in [0, 0.05) is 30.4 Å². The average Bonchev–Trinajstić information content (AvgIpc) is 2.50. The molecule has 6 nitrogen and oxygen atoms in total. The minimum absolute atomic E-state index is 0.0701. The smallest absolute Gasteiger partial charge is 0.128 e. The van der Waals surface area contributed by atoms with E-state index in [-0.39, 0.29) is 11.6 Å². The number of rotatable bonds is 5. The molecule has 1 aromatic rings. The van der Waals surface area contributed by atoms with Crippen molar-refractivity contribution in [2.24, 2.45) is 5.84 Å². The molecule has 112 valence electrons. The highest BCUT2D eigenvalue weighted by atomic mass is 16.5. The zero-order valence-corrected chi connectivity index (χ0v) is 12.3. The van der Waals surface area contributed by atoms with Crippen molar-refractivity contribution in [2.75, 3.05) is 32.0 Å². The number of hydrogen-bond acceptors (Lipinski definition) is 6. The number of aromatic nitrogens is 1. The van der Waals surface area contributed by atoms with Crippen molar-refractivity contribution in [1.82, 2.24) is 15.3 Å². The molecule has 1 aliphatic rings. The molecule has 2 atom stereocenters. The number of hydrogen-bond donors (Lipinski definition) is 3. The summed E-state index contributed by atoms with van der Waals surface area (Å²) in [5.41, 5.74) is 9.79. The van der Waals surface area contributed by atoms with Gasteiger partial charge < -0.3 is 10.5 Å². The van der Waals surface area contributed by atoms with Gasteiger partial charge in [0.15, 0.2) is 0 Å². The molecule has 0 radical (unpaired) electrons. The molecule has 1 aliphatic heterocycles. The van der Waals surface area contributed by atoms with Gasteiger partial charge in [0.05, 0.1) is 19.3 Å². The number of nitrogen functional groups attached to an aromatic ring is 1. The normalized spacial score (nSPS) is 21.4. The molecule has 6 heteroatoms. The highest BCUT2D eigenvalue weighted by Crippen LogP contribution is 2.35. The van der Waals surface area contributed by atoms with Gasteiger partial charge in [-0.2, -0.15) is 0 Å². The number of morpholine rings is 1. The molecule has 2 rings (SSSR count). The van der Waals surface area contributed by atoms with Crippen molar-refractivity contribution in [3.63, 3.8) is 0 Å². The van der Waals surface area contributed by atoms with Crippen LogP contribution in [0.15, 0.2) is 18.3 Å². The Bertz CT molecular complexity index is 435. The molecule has 0 spiro atoms. The standard InChI is InChI=1S/C14H25N5O/c1-3-14(2,19-7-9-20-10-8-19)12(18-16)11-5-4-6-17-13(11)15/h4-6,12,18H,3,7-10,16H2,1-2H3,(H2,15,17). The third-order valence-electron chi connectivity index (χ3n) is 4.42. The van der Waals surface area contributed by atoms with E-state index in [1.54, 1.807) is 6.20 Å². The summed E-state index contributed by atoms with van der Waals surface area (Å²) in [7, 11) is 0. The summed E-state index contributed by atoms with van der Waals surface area (Å²) in [6.07, 6.45) is 2.65. The molecular formula is C14H25N5O. The molecule has 1 fully saturated rings. The Morgan fingerprint density at radius 1 is 1.50 bits per heavy atom. The van der Waals surface area contributed by atoms with E-state index >= 15 is 0 Å². The topological polar surface area (TPSA) is 89.4 Å². The van der Waals surface area contributed by atoms with Crippen molar-refractivity contribution < 1.29 is 4.74 Å². The maximum atomic E-state index is 6.03. The predicted octanol–water partition coefficient (Wildman–Crippen LogP) is 0.669. The summed E-state index contributed by atoms with van der Waals surface area (Å²) in [6.45, 7) is 7.72. The largest absolute Gasteiger partial charge is 0.383 e. The van der Waals surface area contributed by atoms with E-state index in [0.717, 1.165) is 38.3 Å². The quantitative estimate of drug-likeness (QED) is 0.542. The lowest BCUT2D eigenvalue weighted by molar-refractivity contribution is -0.0328. The van der Waals surface area contributed by atoms with Crippen LogP contribution >= 0.6 is 0 Å². The van der Waals surface area contributed by atoms with Crippen LogP contribution in [0.5, 0.6) is 0 Å². The Labute approximate surface area is 120 Å². The van der Waals surface area contributed by atoms with Crippen molar-refractivity contribution in [1.29, 1.82) is 0 Å². The third kappa shape index (κ3) is 2.78. The number of pyridine rings is 1. The van der Waals surface area contributed by atoms with E-state index in [1.807, 2.05) is 12.1 Å². The maximum absolute atomic E-state index is 6.03. The van der Waals surface area contributed by atoms with Crippen LogP contribution in [0.4, 0.5) is 5.82 Å².